The van der Waals surface area contributed by atoms with Crippen LogP contribution in [0.15, 0.2) is 35.0 Å². The van der Waals surface area contributed by atoms with Crippen LogP contribution in [0.5, 0.6) is 0 Å². The molecule has 1 amide bonds. The van der Waals surface area contributed by atoms with E-state index in [1.54, 1.807) is 16.2 Å². The van der Waals surface area contributed by atoms with Gasteiger partial charge < -0.3 is 4.90 Å². The molecule has 1 heterocycles. The van der Waals surface area contributed by atoms with Crippen LogP contribution in [-0.4, -0.2) is 21.8 Å². The van der Waals surface area contributed by atoms with Gasteiger partial charge in [0.2, 0.25) is 0 Å². The molecular weight excluding hydrogens is 324 g/mol. The average Bonchev–Trinajstić information content (AvgIpc) is 3.20. The summed E-state index contributed by atoms with van der Waals surface area (Å²) in [5, 5.41) is 15.4. The summed E-state index contributed by atoms with van der Waals surface area (Å²) in [6.45, 7) is 0.469. The van der Waals surface area contributed by atoms with E-state index in [2.05, 4.69) is 0 Å². The molecule has 1 aromatic carbocycles. The summed E-state index contributed by atoms with van der Waals surface area (Å²) >= 11 is 7.48. The number of carbonyl (C=O) groups excluding carboxylic acids is 1. The molecule has 5 nitrogen and oxygen atoms in total. The Kier molecular flexibility index (Phi) is 4.13. The van der Waals surface area contributed by atoms with Crippen LogP contribution in [0.3, 0.4) is 0 Å². The second-order valence-electron chi connectivity index (χ2n) is 5.21. The zero-order valence-electron chi connectivity index (χ0n) is 11.6. The summed E-state index contributed by atoms with van der Waals surface area (Å²) in [6.07, 6.45) is 1.87. The van der Waals surface area contributed by atoms with Crippen LogP contribution in [0.4, 0.5) is 5.69 Å². The van der Waals surface area contributed by atoms with E-state index in [1.165, 1.54) is 18.2 Å². The lowest BCUT2D eigenvalue weighted by Crippen LogP contribution is -2.32. The Morgan fingerprint density at radius 1 is 1.41 bits per heavy atom. The van der Waals surface area contributed by atoms with Crippen molar-refractivity contribution in [2.75, 3.05) is 0 Å². The van der Waals surface area contributed by atoms with E-state index in [9.17, 15) is 14.9 Å². The first-order valence-corrected chi connectivity index (χ1v) is 8.14. The highest BCUT2D eigenvalue weighted by molar-refractivity contribution is 7.07. The van der Waals surface area contributed by atoms with Crippen molar-refractivity contribution in [3.8, 4) is 0 Å². The highest BCUT2D eigenvalue weighted by Crippen LogP contribution is 2.32. The van der Waals surface area contributed by atoms with Crippen LogP contribution in [0.25, 0.3) is 0 Å². The van der Waals surface area contributed by atoms with Crippen LogP contribution in [0, 0.1) is 10.1 Å². The maximum absolute atomic E-state index is 12.8. The number of thiophene rings is 1. The largest absolute Gasteiger partial charge is 0.331 e. The number of hydrogen-bond acceptors (Lipinski definition) is 4. The van der Waals surface area contributed by atoms with Gasteiger partial charge in [0, 0.05) is 23.7 Å². The number of benzene rings is 1. The molecule has 0 spiro atoms. The molecule has 1 saturated carbocycles. The maximum Gasteiger partial charge on any atom is 0.282 e. The molecule has 0 bridgehead atoms. The van der Waals surface area contributed by atoms with Gasteiger partial charge in [-0.25, -0.2) is 0 Å². The van der Waals surface area contributed by atoms with Gasteiger partial charge >= 0.3 is 0 Å². The van der Waals surface area contributed by atoms with Crippen molar-refractivity contribution >= 4 is 34.5 Å². The number of rotatable bonds is 5. The van der Waals surface area contributed by atoms with E-state index >= 15 is 0 Å². The Morgan fingerprint density at radius 2 is 2.18 bits per heavy atom. The molecule has 2 aromatic rings. The topological polar surface area (TPSA) is 63.4 Å². The van der Waals surface area contributed by atoms with Gasteiger partial charge in [-0.3, -0.25) is 14.9 Å². The highest BCUT2D eigenvalue weighted by Gasteiger charge is 2.35. The first-order chi connectivity index (χ1) is 10.6. The molecule has 0 saturated heterocycles. The van der Waals surface area contributed by atoms with Crippen molar-refractivity contribution < 1.29 is 9.72 Å². The summed E-state index contributed by atoms with van der Waals surface area (Å²) in [7, 11) is 0. The Hall–Kier alpha value is -1.92. The van der Waals surface area contributed by atoms with Crippen LogP contribution in [0.1, 0.15) is 28.8 Å². The molecule has 0 atom stereocenters. The molecule has 0 aliphatic heterocycles. The minimum absolute atomic E-state index is 0.0552. The van der Waals surface area contributed by atoms with Crippen LogP contribution in [0.2, 0.25) is 5.02 Å². The monoisotopic (exact) mass is 336 g/mol. The first-order valence-electron chi connectivity index (χ1n) is 6.82. The van der Waals surface area contributed by atoms with Crippen molar-refractivity contribution in [2.45, 2.75) is 25.4 Å². The maximum atomic E-state index is 12.8. The van der Waals surface area contributed by atoms with Gasteiger partial charge in [0.25, 0.3) is 11.6 Å². The molecule has 1 aliphatic carbocycles. The lowest BCUT2D eigenvalue weighted by atomic mass is 10.1. The fourth-order valence-electron chi connectivity index (χ4n) is 2.33. The fourth-order valence-corrected chi connectivity index (χ4v) is 3.16. The van der Waals surface area contributed by atoms with Gasteiger partial charge in [-0.05, 0) is 47.4 Å². The number of carbonyl (C=O) groups is 1. The molecular formula is C15H13ClN2O3S. The lowest BCUT2D eigenvalue weighted by Gasteiger charge is -2.22. The van der Waals surface area contributed by atoms with Gasteiger partial charge in [0.1, 0.15) is 5.56 Å². The standard InChI is InChI=1S/C15H13ClN2O3S/c16-11-1-4-14(18(20)21)13(7-11)15(19)17(12-2-3-12)8-10-5-6-22-9-10/h1,4-7,9,12H,2-3,8H2. The zero-order valence-corrected chi connectivity index (χ0v) is 13.1. The molecule has 0 unspecified atom stereocenters. The average molecular weight is 337 g/mol. The van der Waals surface area contributed by atoms with Crippen molar-refractivity contribution in [1.82, 2.24) is 4.90 Å². The highest BCUT2D eigenvalue weighted by atomic mass is 35.5. The van der Waals surface area contributed by atoms with Gasteiger partial charge in [-0.2, -0.15) is 11.3 Å². The van der Waals surface area contributed by atoms with E-state index in [1.807, 2.05) is 16.8 Å². The summed E-state index contributed by atoms with van der Waals surface area (Å²) in [4.78, 5) is 25.1. The second-order valence-corrected chi connectivity index (χ2v) is 6.43. The third-order valence-electron chi connectivity index (χ3n) is 3.57. The van der Waals surface area contributed by atoms with Crippen molar-refractivity contribution in [3.05, 3.63) is 61.3 Å². The predicted octanol–water partition coefficient (Wildman–Crippen LogP) is 4.11. The fraction of sp³-hybridized carbons (Fsp3) is 0.267. The van der Waals surface area contributed by atoms with Crippen molar-refractivity contribution in [3.63, 3.8) is 0 Å². The number of hydrogen-bond donors (Lipinski definition) is 0. The Bertz CT molecular complexity index is 714. The normalized spacial score (nSPS) is 13.9. The molecule has 3 rings (SSSR count). The van der Waals surface area contributed by atoms with Gasteiger partial charge in [0.05, 0.1) is 4.92 Å². The van der Waals surface area contributed by atoms with E-state index in [4.69, 9.17) is 11.6 Å². The minimum Gasteiger partial charge on any atom is -0.331 e. The Labute approximate surface area is 136 Å². The van der Waals surface area contributed by atoms with Gasteiger partial charge in [-0.15, -0.1) is 0 Å². The van der Waals surface area contributed by atoms with Gasteiger partial charge in [-0.1, -0.05) is 11.6 Å². The molecule has 22 heavy (non-hydrogen) atoms. The molecule has 0 N–H and O–H groups in total. The molecule has 1 aliphatic rings. The van der Waals surface area contributed by atoms with E-state index < -0.39 is 4.92 Å². The zero-order chi connectivity index (χ0) is 15.7. The van der Waals surface area contributed by atoms with Crippen LogP contribution < -0.4 is 0 Å². The quantitative estimate of drug-likeness (QED) is 0.609. The van der Waals surface area contributed by atoms with E-state index in [0.717, 1.165) is 18.4 Å². The molecule has 0 radical (unpaired) electrons. The Morgan fingerprint density at radius 3 is 2.77 bits per heavy atom. The molecule has 114 valence electrons. The van der Waals surface area contributed by atoms with Crippen molar-refractivity contribution in [2.24, 2.45) is 0 Å². The van der Waals surface area contributed by atoms with Crippen LogP contribution in [-0.2, 0) is 6.54 Å². The lowest BCUT2D eigenvalue weighted by molar-refractivity contribution is -0.385. The predicted molar refractivity (Wildman–Crippen MR) is 85.3 cm³/mol. The summed E-state index contributed by atoms with van der Waals surface area (Å²) < 4.78 is 0. The first kappa shape index (κ1) is 15.0. The molecule has 7 heteroatoms. The minimum atomic E-state index is -0.542. The van der Waals surface area contributed by atoms with Crippen molar-refractivity contribution in [1.29, 1.82) is 0 Å². The molecule has 1 aromatic heterocycles. The number of halogens is 1. The van der Waals surface area contributed by atoms with E-state index in [0.29, 0.717) is 11.6 Å². The summed E-state index contributed by atoms with van der Waals surface area (Å²) in [6, 6.07) is 6.21. The third kappa shape index (κ3) is 3.13. The number of nitro benzene ring substituents is 1. The SMILES string of the molecule is O=C(c1cc(Cl)ccc1[N+](=O)[O-])N(Cc1ccsc1)C1CC1. The Balaban J connectivity index is 1.93. The summed E-state index contributed by atoms with van der Waals surface area (Å²) in [5.74, 6) is -0.331. The number of nitrogens with zero attached hydrogens (tertiary/aromatic N) is 2. The summed E-state index contributed by atoms with van der Waals surface area (Å²) in [5.41, 5.74) is 0.889. The molecule has 1 fully saturated rings. The van der Waals surface area contributed by atoms with E-state index in [-0.39, 0.29) is 23.2 Å². The number of nitro groups is 1. The van der Waals surface area contributed by atoms with Crippen LogP contribution >= 0.6 is 22.9 Å². The smallest absolute Gasteiger partial charge is 0.282 e. The third-order valence-corrected chi connectivity index (χ3v) is 4.53. The number of amides is 1. The van der Waals surface area contributed by atoms with Gasteiger partial charge in [0.15, 0.2) is 0 Å². The second kappa shape index (κ2) is 6.06.